The van der Waals surface area contributed by atoms with Crippen LogP contribution < -0.4 is 14.2 Å². The lowest BCUT2D eigenvalue weighted by Crippen LogP contribution is -2.49. The van der Waals surface area contributed by atoms with Gasteiger partial charge >= 0.3 is 11.9 Å². The van der Waals surface area contributed by atoms with Crippen molar-refractivity contribution in [3.63, 3.8) is 0 Å². The molecule has 0 aliphatic rings. The van der Waals surface area contributed by atoms with E-state index >= 15 is 0 Å². The molecule has 12 nitrogen and oxygen atoms in total. The third-order valence-electron chi connectivity index (χ3n) is 13.3. The van der Waals surface area contributed by atoms with Crippen LogP contribution in [0.15, 0.2) is 121 Å². The zero-order chi connectivity index (χ0) is 51.0. The van der Waals surface area contributed by atoms with E-state index in [1.165, 1.54) is 31.0 Å². The summed E-state index contributed by atoms with van der Waals surface area (Å²) in [5.74, 6) is -0.610. The van der Waals surface area contributed by atoms with Crippen molar-refractivity contribution in [1.29, 1.82) is 0 Å². The summed E-state index contributed by atoms with van der Waals surface area (Å²) in [6, 6.07) is 35.8. The van der Waals surface area contributed by atoms with Crippen LogP contribution in [-0.2, 0) is 41.8 Å². The van der Waals surface area contributed by atoms with Crippen molar-refractivity contribution < 1.29 is 42.4 Å². The van der Waals surface area contributed by atoms with Crippen LogP contribution in [0.25, 0.3) is 0 Å². The number of nitro benzene ring substituents is 1. The molecule has 1 N–H and O–H groups in total. The second-order valence-electron chi connectivity index (χ2n) is 20.2. The molecule has 368 valence electrons. The van der Waals surface area contributed by atoms with Crippen LogP contribution in [0.5, 0.6) is 11.5 Å². The molecule has 0 heterocycles. The summed E-state index contributed by atoms with van der Waals surface area (Å²) in [5, 5.41) is 13.9. The van der Waals surface area contributed by atoms with Gasteiger partial charge in [0.05, 0.1) is 17.6 Å². The van der Waals surface area contributed by atoms with Crippen molar-refractivity contribution in [3.05, 3.63) is 170 Å². The first-order valence-corrected chi connectivity index (χ1v) is 30.1. The Morgan fingerprint density at radius 2 is 1.19 bits per heavy atom. The molecular formula is C54H68N2O10SSi2. The second-order valence-corrected chi connectivity index (χ2v) is 30.7. The topological polar surface area (TPSA) is 153 Å². The standard InChI is InChI=1S/C54H68N2O10SSi2/c1-37-46(65-68(10,11)52(3,4)5)33-47(66-69(12,13)53(6,7)8)44(48(37)51(59)63-34-39-29-31-43(32-30-39)56(60)61)35-67-36-45(50(58)62-9)55-49(57)38(2)64-54(40-23-17-14-18-24-40,41-25-19-15-20-26-41)42-27-21-16-22-28-42/h14-33,38,45H,34-36H2,1-13H3,(H,55,57). The molecule has 5 rings (SSSR count). The van der Waals surface area contributed by atoms with Crippen molar-refractivity contribution in [2.75, 3.05) is 12.9 Å². The Hall–Kier alpha value is -5.75. The van der Waals surface area contributed by atoms with E-state index in [-0.39, 0.29) is 39.4 Å². The fourth-order valence-corrected chi connectivity index (χ4v) is 10.3. The Morgan fingerprint density at radius 1 is 0.725 bits per heavy atom. The zero-order valence-corrected chi connectivity index (χ0v) is 45.1. The summed E-state index contributed by atoms with van der Waals surface area (Å²) in [7, 11) is -3.78. The lowest BCUT2D eigenvalue weighted by atomic mass is 9.80. The number of carbonyl (C=O) groups excluding carboxylic acids is 3. The van der Waals surface area contributed by atoms with E-state index in [4.69, 9.17) is 23.1 Å². The van der Waals surface area contributed by atoms with Gasteiger partial charge in [-0.15, -0.1) is 0 Å². The van der Waals surface area contributed by atoms with Crippen molar-refractivity contribution in [2.24, 2.45) is 0 Å². The minimum atomic E-state index is -2.57. The maximum absolute atomic E-state index is 14.6. The Kier molecular flexibility index (Phi) is 17.5. The van der Waals surface area contributed by atoms with Gasteiger partial charge in [0.25, 0.3) is 5.69 Å². The summed E-state index contributed by atoms with van der Waals surface area (Å²) in [5.41, 5.74) is 3.11. The van der Waals surface area contributed by atoms with E-state index in [2.05, 4.69) is 73.0 Å². The normalized spacial score (nSPS) is 13.2. The fraction of sp³-hybridized carbons (Fsp3) is 0.389. The number of ether oxygens (including phenoxy) is 3. The molecule has 1 amide bonds. The van der Waals surface area contributed by atoms with E-state index in [9.17, 15) is 24.5 Å². The number of amides is 1. The highest BCUT2D eigenvalue weighted by molar-refractivity contribution is 7.98. The number of esters is 2. The van der Waals surface area contributed by atoms with E-state index < -0.39 is 57.2 Å². The quantitative estimate of drug-likeness (QED) is 0.0261. The molecule has 0 saturated heterocycles. The molecule has 0 aliphatic carbocycles. The van der Waals surface area contributed by atoms with Gasteiger partial charge in [-0.25, -0.2) is 9.59 Å². The molecule has 0 spiro atoms. The summed E-state index contributed by atoms with van der Waals surface area (Å²) in [4.78, 5) is 53.4. The summed E-state index contributed by atoms with van der Waals surface area (Å²) in [6.07, 6.45) is -1.07. The maximum Gasteiger partial charge on any atom is 0.339 e. The molecule has 5 aromatic carbocycles. The minimum Gasteiger partial charge on any atom is -0.543 e. The van der Waals surface area contributed by atoms with E-state index in [1.54, 1.807) is 19.1 Å². The summed E-state index contributed by atoms with van der Waals surface area (Å²) in [6.45, 7) is 24.7. The molecule has 0 radical (unpaired) electrons. The third kappa shape index (κ3) is 12.9. The van der Waals surface area contributed by atoms with Crippen molar-refractivity contribution >= 4 is 51.9 Å². The van der Waals surface area contributed by atoms with Gasteiger partial charge in [0, 0.05) is 40.8 Å². The van der Waals surface area contributed by atoms with Gasteiger partial charge < -0.3 is 28.4 Å². The molecule has 0 aromatic heterocycles. The van der Waals surface area contributed by atoms with Crippen LogP contribution in [0.4, 0.5) is 5.69 Å². The Balaban J connectivity index is 1.52. The molecular weight excluding hydrogens is 925 g/mol. The molecule has 69 heavy (non-hydrogen) atoms. The van der Waals surface area contributed by atoms with E-state index in [1.807, 2.05) is 104 Å². The van der Waals surface area contributed by atoms with Crippen molar-refractivity contribution in [2.45, 2.75) is 122 Å². The highest BCUT2D eigenvalue weighted by Crippen LogP contribution is 2.46. The van der Waals surface area contributed by atoms with Crippen LogP contribution in [0, 0.1) is 17.0 Å². The lowest BCUT2D eigenvalue weighted by molar-refractivity contribution is -0.384. The zero-order valence-electron chi connectivity index (χ0n) is 42.3. The number of nitrogens with one attached hydrogen (secondary N) is 1. The number of hydrogen-bond acceptors (Lipinski definition) is 11. The first kappa shape index (κ1) is 54.2. The van der Waals surface area contributed by atoms with Crippen LogP contribution in [-0.4, -0.2) is 64.4 Å². The summed E-state index contributed by atoms with van der Waals surface area (Å²) >= 11 is 1.32. The number of benzene rings is 5. The molecule has 2 unspecified atom stereocenters. The first-order chi connectivity index (χ1) is 32.3. The monoisotopic (exact) mass is 992 g/mol. The van der Waals surface area contributed by atoms with Gasteiger partial charge in [-0.3, -0.25) is 14.9 Å². The largest absolute Gasteiger partial charge is 0.543 e. The minimum absolute atomic E-state index is 0.0599. The van der Waals surface area contributed by atoms with Gasteiger partial charge in [-0.1, -0.05) is 133 Å². The third-order valence-corrected chi connectivity index (χ3v) is 23.0. The molecule has 0 aliphatic heterocycles. The maximum atomic E-state index is 14.6. The fourth-order valence-electron chi connectivity index (χ4n) is 7.11. The number of thioether (sulfide) groups is 1. The number of nitrogens with zero attached hydrogens (tertiary/aromatic N) is 1. The van der Waals surface area contributed by atoms with Crippen LogP contribution in [0.1, 0.15) is 92.2 Å². The number of methoxy groups -OCH3 is 1. The molecule has 15 heteroatoms. The van der Waals surface area contributed by atoms with Crippen LogP contribution in [0.3, 0.4) is 0 Å². The smallest absolute Gasteiger partial charge is 0.339 e. The van der Waals surface area contributed by atoms with Crippen molar-refractivity contribution in [1.82, 2.24) is 5.32 Å². The summed E-state index contributed by atoms with van der Waals surface area (Å²) < 4.78 is 32.2. The van der Waals surface area contributed by atoms with Gasteiger partial charge in [0.2, 0.25) is 22.5 Å². The molecule has 2 atom stereocenters. The number of carbonyl (C=O) groups is 3. The molecule has 0 bridgehead atoms. The molecule has 5 aromatic rings. The van der Waals surface area contributed by atoms with Gasteiger partial charge in [0.15, 0.2) is 0 Å². The Bertz CT molecular complexity index is 2470. The average Bonchev–Trinajstić information content (AvgIpc) is 3.30. The molecule has 0 fully saturated rings. The first-order valence-electron chi connectivity index (χ1n) is 23.1. The predicted molar refractivity (Wildman–Crippen MR) is 279 cm³/mol. The van der Waals surface area contributed by atoms with Gasteiger partial charge in [-0.2, -0.15) is 11.8 Å². The van der Waals surface area contributed by atoms with Crippen LogP contribution in [0.2, 0.25) is 36.3 Å². The number of non-ortho nitro benzene ring substituents is 1. The predicted octanol–water partition coefficient (Wildman–Crippen LogP) is 12.3. The lowest BCUT2D eigenvalue weighted by Gasteiger charge is -2.39. The molecule has 0 saturated carbocycles. The average molecular weight is 993 g/mol. The number of hydrogen-bond donors (Lipinski definition) is 1. The number of rotatable bonds is 20. The van der Waals surface area contributed by atoms with Crippen LogP contribution >= 0.6 is 11.8 Å². The highest BCUT2D eigenvalue weighted by atomic mass is 32.2. The highest BCUT2D eigenvalue weighted by Gasteiger charge is 2.44. The van der Waals surface area contributed by atoms with E-state index in [0.717, 1.165) is 16.7 Å². The SMILES string of the molecule is COC(=O)C(CSCc1c(O[Si](C)(C)C(C)(C)C)cc(O[Si](C)(C)C(C)(C)C)c(C)c1C(=O)OCc1ccc([N+](=O)[O-])cc1)NC(=O)C(C)OC(c1ccccc1)(c1ccccc1)c1ccccc1. The Morgan fingerprint density at radius 3 is 1.62 bits per heavy atom. The van der Waals surface area contributed by atoms with Gasteiger partial charge in [0.1, 0.15) is 35.9 Å². The van der Waals surface area contributed by atoms with Crippen molar-refractivity contribution in [3.8, 4) is 11.5 Å². The number of nitro groups is 1. The second kappa shape index (κ2) is 22.3. The Labute approximate surface area is 414 Å². The van der Waals surface area contributed by atoms with E-state index in [0.29, 0.717) is 28.2 Å². The van der Waals surface area contributed by atoms with Gasteiger partial charge in [-0.05, 0) is 84.5 Å².